The maximum Gasteiger partial charge on any atom is 0.348 e. The molecule has 3 aromatic rings. The number of carbonyl (C=O) groups is 4. The van der Waals surface area contributed by atoms with Crippen molar-refractivity contribution < 1.29 is 43.3 Å². The third-order valence-electron chi connectivity index (χ3n) is 8.33. The number of phenols is 2. The van der Waals surface area contributed by atoms with Gasteiger partial charge >= 0.3 is 18.0 Å². The number of urea groups is 1. The molecule has 0 bridgehead atoms. The molecule has 5 N–H and O–H groups in total. The molecule has 0 radical (unpaired) electrons. The van der Waals surface area contributed by atoms with Crippen molar-refractivity contribution in [1.29, 1.82) is 0 Å². The van der Waals surface area contributed by atoms with Crippen LogP contribution in [0.4, 0.5) is 9.80 Å². The Balaban J connectivity index is 1.74. The number of ether oxygens (including phenoxy) is 2. The van der Waals surface area contributed by atoms with E-state index in [0.29, 0.717) is 35.1 Å². The quantitative estimate of drug-likeness (QED) is 0.161. The van der Waals surface area contributed by atoms with Crippen molar-refractivity contribution in [2.45, 2.75) is 58.7 Å². The molecule has 1 fully saturated rings. The Morgan fingerprint density at radius 3 is 2.34 bits per heavy atom. The van der Waals surface area contributed by atoms with Crippen LogP contribution < -0.4 is 11.1 Å². The van der Waals surface area contributed by atoms with E-state index in [9.17, 15) is 29.4 Å². The molecule has 13 heteroatoms. The van der Waals surface area contributed by atoms with Gasteiger partial charge in [0, 0.05) is 12.0 Å². The van der Waals surface area contributed by atoms with E-state index in [1.54, 1.807) is 51.1 Å². The minimum Gasteiger partial charge on any atom is -0.508 e. The van der Waals surface area contributed by atoms with Gasteiger partial charge in [-0.3, -0.25) is 10.1 Å². The molecular formula is C34H43N4O8S+. The maximum atomic E-state index is 14.4. The van der Waals surface area contributed by atoms with Crippen molar-refractivity contribution in [3.05, 3.63) is 75.7 Å². The van der Waals surface area contributed by atoms with Crippen LogP contribution in [-0.2, 0) is 27.2 Å². The Bertz CT molecular complexity index is 1610. The average molecular weight is 668 g/mol. The van der Waals surface area contributed by atoms with Gasteiger partial charge in [-0.1, -0.05) is 24.3 Å². The van der Waals surface area contributed by atoms with Crippen LogP contribution in [0.25, 0.3) is 0 Å². The summed E-state index contributed by atoms with van der Waals surface area (Å²) in [6.07, 6.45) is 1.41. The second-order valence-electron chi connectivity index (χ2n) is 12.0. The first-order valence-corrected chi connectivity index (χ1v) is 16.4. The van der Waals surface area contributed by atoms with E-state index >= 15 is 0 Å². The molecule has 0 spiro atoms. The first-order valence-electron chi connectivity index (χ1n) is 15.6. The second-order valence-corrected chi connectivity index (χ2v) is 13.0. The number of phenolic OH excluding ortho intramolecular Hbond substituents is 2. The second kappa shape index (κ2) is 15.3. The first kappa shape index (κ1) is 35.2. The number of esters is 2. The van der Waals surface area contributed by atoms with Crippen LogP contribution in [0.3, 0.4) is 0 Å². The molecule has 1 saturated heterocycles. The number of rotatable bonds is 12. The van der Waals surface area contributed by atoms with E-state index in [2.05, 4.69) is 12.4 Å². The number of nitrogens with one attached hydrogen (secondary N) is 1. The van der Waals surface area contributed by atoms with Gasteiger partial charge in [0.2, 0.25) is 5.91 Å². The predicted octanol–water partition coefficient (Wildman–Crippen LogP) is 4.56. The summed E-state index contributed by atoms with van der Waals surface area (Å²) in [7, 11) is 2.07. The number of benzene rings is 2. The summed E-state index contributed by atoms with van der Waals surface area (Å²) in [5.41, 5.74) is 7.97. The van der Waals surface area contributed by atoms with Crippen LogP contribution in [0.15, 0.2) is 48.5 Å². The number of anilines is 1. The molecule has 0 saturated carbocycles. The lowest BCUT2D eigenvalue weighted by Gasteiger charge is -2.46. The normalized spacial score (nSPS) is 18.2. The number of primary amides is 1. The van der Waals surface area contributed by atoms with Crippen molar-refractivity contribution in [2.24, 2.45) is 5.73 Å². The van der Waals surface area contributed by atoms with Crippen LogP contribution in [-0.4, -0.2) is 88.9 Å². The fourth-order valence-electron chi connectivity index (χ4n) is 6.22. The Morgan fingerprint density at radius 1 is 1.02 bits per heavy atom. The van der Waals surface area contributed by atoms with Gasteiger partial charge in [0.25, 0.3) is 0 Å². The Morgan fingerprint density at radius 2 is 1.70 bits per heavy atom. The average Bonchev–Trinajstić information content (AvgIpc) is 3.33. The number of piperidine rings is 1. The van der Waals surface area contributed by atoms with Gasteiger partial charge in [-0.25, -0.2) is 14.4 Å². The van der Waals surface area contributed by atoms with Crippen LogP contribution in [0.2, 0.25) is 0 Å². The zero-order valence-electron chi connectivity index (χ0n) is 27.2. The maximum absolute atomic E-state index is 14.4. The van der Waals surface area contributed by atoms with Gasteiger partial charge in [-0.05, 0) is 69.0 Å². The summed E-state index contributed by atoms with van der Waals surface area (Å²) in [4.78, 5) is 55.1. The molecule has 47 heavy (non-hydrogen) atoms. The molecule has 12 nitrogen and oxygen atoms in total. The van der Waals surface area contributed by atoms with Crippen LogP contribution in [0.5, 0.6) is 11.5 Å². The highest BCUT2D eigenvalue weighted by Crippen LogP contribution is 2.36. The Hall–Kier alpha value is -4.62. The monoisotopic (exact) mass is 667 g/mol. The Labute approximate surface area is 278 Å². The van der Waals surface area contributed by atoms with E-state index in [-0.39, 0.29) is 46.6 Å². The number of carbonyl (C=O) groups excluding carboxylic acids is 4. The number of quaternary nitrogens is 1. The minimum absolute atomic E-state index is 0.0375. The topological polar surface area (TPSA) is 168 Å². The van der Waals surface area contributed by atoms with E-state index in [4.69, 9.17) is 15.2 Å². The van der Waals surface area contributed by atoms with Crippen molar-refractivity contribution in [3.8, 4) is 11.5 Å². The molecule has 1 aliphatic heterocycles. The molecule has 1 aliphatic rings. The summed E-state index contributed by atoms with van der Waals surface area (Å²) in [5.74, 6) is -1.84. The summed E-state index contributed by atoms with van der Waals surface area (Å²) in [6, 6.07) is 11.2. The number of amides is 3. The summed E-state index contributed by atoms with van der Waals surface area (Å²) in [5, 5.41) is 22.8. The fraction of sp³-hybridized carbons (Fsp3) is 0.412. The molecule has 252 valence electrons. The SMILES string of the molecule is CCOC(=O)c1sc(NC(=O)N([C@@H]2CCC[N+](C)(Cc3cccc(O)c3)C2)[C@@H](Cc2ccc(O)cc2)C(N)=O)c(C(=O)OCC)c1C. The molecule has 4 rings (SSSR count). The molecule has 2 aromatic carbocycles. The van der Waals surface area contributed by atoms with Crippen LogP contribution >= 0.6 is 11.3 Å². The molecule has 3 atom stereocenters. The Kier molecular flexibility index (Phi) is 11.5. The van der Waals surface area contributed by atoms with Gasteiger partial charge in [-0.15, -0.1) is 11.3 Å². The molecule has 2 heterocycles. The lowest BCUT2D eigenvalue weighted by Crippen LogP contribution is -2.62. The smallest absolute Gasteiger partial charge is 0.348 e. The van der Waals surface area contributed by atoms with Crippen molar-refractivity contribution in [1.82, 2.24) is 4.90 Å². The van der Waals surface area contributed by atoms with E-state index < -0.39 is 36.0 Å². The number of likely N-dealkylation sites (tertiary alicyclic amines) is 1. The highest BCUT2D eigenvalue weighted by molar-refractivity contribution is 7.18. The van der Waals surface area contributed by atoms with Gasteiger partial charge in [0.15, 0.2) is 0 Å². The van der Waals surface area contributed by atoms with Crippen LogP contribution in [0.1, 0.15) is 63.4 Å². The standard InChI is InChI=1S/C34H42N4O8S/c1-5-45-32(42)28-21(3)29(33(43)46-6-2)47-31(28)36-34(44)37(27(30(35)41)18-22-12-14-25(39)15-13-22)24-10-8-16-38(4,20-24)19-23-9-7-11-26(40)17-23/h7,9,11-15,17,24,27H,5-6,8,10,16,18-20H2,1-4H3,(H4-,35,36,39,40,41,42,43,44)/p+1/t24-,27+,38?/m1/s1. The summed E-state index contributed by atoms with van der Waals surface area (Å²) in [6.45, 7) is 6.98. The van der Waals surface area contributed by atoms with Crippen LogP contribution in [0, 0.1) is 6.92 Å². The van der Waals surface area contributed by atoms with Gasteiger partial charge in [0.05, 0.1) is 45.0 Å². The third kappa shape index (κ3) is 8.60. The number of nitrogens with two attached hydrogens (primary N) is 1. The number of thiophene rings is 1. The zero-order chi connectivity index (χ0) is 34.3. The molecule has 0 aliphatic carbocycles. The number of likely N-dealkylation sites (N-methyl/N-ethyl adjacent to an activating group) is 1. The number of aromatic hydroxyl groups is 2. The lowest BCUT2D eigenvalue weighted by molar-refractivity contribution is -0.928. The van der Waals surface area contributed by atoms with Gasteiger partial charge < -0.3 is 34.8 Å². The highest BCUT2D eigenvalue weighted by atomic mass is 32.1. The molecule has 3 amide bonds. The third-order valence-corrected chi connectivity index (χ3v) is 9.51. The molecule has 1 unspecified atom stereocenters. The fourth-order valence-corrected chi connectivity index (χ4v) is 7.30. The highest BCUT2D eigenvalue weighted by Gasteiger charge is 2.42. The number of hydrogen-bond donors (Lipinski definition) is 4. The van der Waals surface area contributed by atoms with Crippen molar-refractivity contribution in [3.63, 3.8) is 0 Å². The summed E-state index contributed by atoms with van der Waals surface area (Å²) >= 11 is 0.904. The molecule has 1 aromatic heterocycles. The van der Waals surface area contributed by atoms with E-state index in [0.717, 1.165) is 29.9 Å². The number of nitrogens with zero attached hydrogens (tertiary/aromatic N) is 2. The van der Waals surface area contributed by atoms with E-state index in [1.165, 1.54) is 17.0 Å². The molecular weight excluding hydrogens is 624 g/mol. The summed E-state index contributed by atoms with van der Waals surface area (Å²) < 4.78 is 11.0. The van der Waals surface area contributed by atoms with Crippen molar-refractivity contribution in [2.75, 3.05) is 38.7 Å². The van der Waals surface area contributed by atoms with Crippen molar-refractivity contribution >= 4 is 40.2 Å². The lowest BCUT2D eigenvalue weighted by atomic mass is 9.96. The first-order chi connectivity index (χ1) is 22.4. The largest absolute Gasteiger partial charge is 0.508 e. The van der Waals surface area contributed by atoms with Gasteiger partial charge in [0.1, 0.15) is 34.0 Å². The predicted molar refractivity (Wildman–Crippen MR) is 177 cm³/mol. The minimum atomic E-state index is -1.09. The zero-order valence-corrected chi connectivity index (χ0v) is 28.0. The van der Waals surface area contributed by atoms with Gasteiger partial charge in [-0.2, -0.15) is 0 Å². The number of hydrogen-bond acceptors (Lipinski definition) is 9. The van der Waals surface area contributed by atoms with E-state index in [1.807, 2.05) is 6.07 Å².